The number of nitrogens with one attached hydrogen (secondary N) is 1. The highest BCUT2D eigenvalue weighted by molar-refractivity contribution is 7.14. The number of amides is 1. The zero-order valence-electron chi connectivity index (χ0n) is 12.0. The van der Waals surface area contributed by atoms with Crippen LogP contribution in [0.1, 0.15) is 16.1 Å². The van der Waals surface area contributed by atoms with Crippen LogP contribution in [0.5, 0.6) is 0 Å². The maximum absolute atomic E-state index is 12.2. The minimum atomic E-state index is -0.254. The van der Waals surface area contributed by atoms with Crippen LogP contribution in [0.4, 0.5) is 5.13 Å². The second kappa shape index (κ2) is 6.66. The molecule has 3 aromatic rings. The van der Waals surface area contributed by atoms with Crippen molar-refractivity contribution in [2.45, 2.75) is 6.92 Å². The Balaban J connectivity index is 1.81. The summed E-state index contributed by atoms with van der Waals surface area (Å²) in [6.45, 7) is 1.86. The molecule has 0 aliphatic rings. The van der Waals surface area contributed by atoms with E-state index in [9.17, 15) is 4.79 Å². The van der Waals surface area contributed by atoms with E-state index in [-0.39, 0.29) is 5.91 Å². The summed E-state index contributed by atoms with van der Waals surface area (Å²) in [6.07, 6.45) is 1.53. The molecule has 4 nitrogen and oxygen atoms in total. The highest BCUT2D eigenvalue weighted by atomic mass is 35.5. The maximum Gasteiger partial charge on any atom is 0.259 e. The molecule has 0 saturated carbocycles. The molecule has 0 radical (unpaired) electrons. The Morgan fingerprint density at radius 2 is 2.04 bits per heavy atom. The van der Waals surface area contributed by atoms with E-state index >= 15 is 0 Å². The summed E-state index contributed by atoms with van der Waals surface area (Å²) in [5.41, 5.74) is 2.73. The van der Waals surface area contributed by atoms with Gasteiger partial charge < -0.3 is 0 Å². The lowest BCUT2D eigenvalue weighted by Crippen LogP contribution is -2.12. The molecule has 1 N–H and O–H groups in total. The van der Waals surface area contributed by atoms with Gasteiger partial charge in [-0.1, -0.05) is 23.2 Å². The molecule has 7 heteroatoms. The van der Waals surface area contributed by atoms with Gasteiger partial charge in [-0.2, -0.15) is 0 Å². The number of hydrogen-bond donors (Lipinski definition) is 1. The molecule has 0 aliphatic carbocycles. The van der Waals surface area contributed by atoms with Gasteiger partial charge >= 0.3 is 0 Å². The van der Waals surface area contributed by atoms with Crippen molar-refractivity contribution in [3.8, 4) is 11.3 Å². The largest absolute Gasteiger partial charge is 0.298 e. The smallest absolute Gasteiger partial charge is 0.259 e. The number of carbonyl (C=O) groups excluding carboxylic acids is 1. The van der Waals surface area contributed by atoms with Crippen molar-refractivity contribution in [3.05, 3.63) is 63.2 Å². The molecule has 0 spiro atoms. The van der Waals surface area contributed by atoms with Gasteiger partial charge in [-0.3, -0.25) is 15.1 Å². The SMILES string of the molecule is Cc1ccc(C(=O)Nc2nc(-c3cc(Cl)ccc3Cl)cs2)cn1. The van der Waals surface area contributed by atoms with Crippen molar-refractivity contribution in [1.82, 2.24) is 9.97 Å². The van der Waals surface area contributed by atoms with E-state index in [1.165, 1.54) is 17.5 Å². The number of anilines is 1. The van der Waals surface area contributed by atoms with Crippen molar-refractivity contribution in [1.29, 1.82) is 0 Å². The first-order valence-corrected chi connectivity index (χ1v) is 8.31. The molecule has 0 bridgehead atoms. The fourth-order valence-electron chi connectivity index (χ4n) is 1.92. The first kappa shape index (κ1) is 15.9. The number of aryl methyl sites for hydroxylation is 1. The first-order chi connectivity index (χ1) is 11.0. The van der Waals surface area contributed by atoms with Crippen LogP contribution in [-0.4, -0.2) is 15.9 Å². The second-order valence-electron chi connectivity index (χ2n) is 4.80. The fourth-order valence-corrected chi connectivity index (χ4v) is 3.01. The van der Waals surface area contributed by atoms with E-state index in [2.05, 4.69) is 15.3 Å². The quantitative estimate of drug-likeness (QED) is 0.706. The molecule has 116 valence electrons. The molecule has 2 heterocycles. The Bertz CT molecular complexity index is 862. The van der Waals surface area contributed by atoms with Crippen molar-refractivity contribution in [2.24, 2.45) is 0 Å². The van der Waals surface area contributed by atoms with Crippen LogP contribution in [0.25, 0.3) is 11.3 Å². The van der Waals surface area contributed by atoms with Gasteiger partial charge in [0, 0.05) is 27.9 Å². The Labute approximate surface area is 147 Å². The van der Waals surface area contributed by atoms with Crippen molar-refractivity contribution in [2.75, 3.05) is 5.32 Å². The van der Waals surface area contributed by atoms with Crippen molar-refractivity contribution in [3.63, 3.8) is 0 Å². The highest BCUT2D eigenvalue weighted by Crippen LogP contribution is 2.32. The van der Waals surface area contributed by atoms with Crippen LogP contribution in [0, 0.1) is 6.92 Å². The molecular weight excluding hydrogens is 353 g/mol. The number of pyridine rings is 1. The number of nitrogens with zero attached hydrogens (tertiary/aromatic N) is 2. The van der Waals surface area contributed by atoms with E-state index in [0.29, 0.717) is 26.4 Å². The summed E-state index contributed by atoms with van der Waals surface area (Å²) in [7, 11) is 0. The van der Waals surface area contributed by atoms with Gasteiger partial charge in [-0.15, -0.1) is 11.3 Å². The van der Waals surface area contributed by atoms with E-state index in [1.54, 1.807) is 30.3 Å². The number of aromatic nitrogens is 2. The molecule has 0 fully saturated rings. The van der Waals surface area contributed by atoms with Gasteiger partial charge in [-0.05, 0) is 37.3 Å². The van der Waals surface area contributed by atoms with Gasteiger partial charge in [-0.25, -0.2) is 4.98 Å². The molecule has 0 saturated heterocycles. The number of benzene rings is 1. The third-order valence-corrected chi connectivity index (χ3v) is 4.42. The average Bonchev–Trinajstić information content (AvgIpc) is 2.98. The Hall–Kier alpha value is -1.95. The lowest BCUT2D eigenvalue weighted by molar-refractivity contribution is 0.102. The normalized spacial score (nSPS) is 10.6. The van der Waals surface area contributed by atoms with Gasteiger partial charge in [0.25, 0.3) is 5.91 Å². The van der Waals surface area contributed by atoms with Crippen LogP contribution in [0.15, 0.2) is 41.9 Å². The predicted octanol–water partition coefficient (Wildman–Crippen LogP) is 5.07. The molecule has 3 rings (SSSR count). The second-order valence-corrected chi connectivity index (χ2v) is 6.51. The molecule has 0 unspecified atom stereocenters. The third kappa shape index (κ3) is 3.69. The van der Waals surface area contributed by atoms with E-state index < -0.39 is 0 Å². The Morgan fingerprint density at radius 3 is 2.78 bits per heavy atom. The predicted molar refractivity (Wildman–Crippen MR) is 94.5 cm³/mol. The van der Waals surface area contributed by atoms with Crippen molar-refractivity contribution >= 4 is 45.6 Å². The van der Waals surface area contributed by atoms with Crippen LogP contribution < -0.4 is 5.32 Å². The monoisotopic (exact) mass is 363 g/mol. The molecule has 23 heavy (non-hydrogen) atoms. The Kier molecular flexibility index (Phi) is 4.61. The topological polar surface area (TPSA) is 54.9 Å². The van der Waals surface area contributed by atoms with Gasteiger partial charge in [0.1, 0.15) is 0 Å². The number of rotatable bonds is 3. The molecular formula is C16H11Cl2N3OS. The summed E-state index contributed by atoms with van der Waals surface area (Å²) in [5.74, 6) is -0.254. The third-order valence-electron chi connectivity index (χ3n) is 3.10. The minimum absolute atomic E-state index is 0.254. The molecule has 1 aromatic carbocycles. The fraction of sp³-hybridized carbons (Fsp3) is 0.0625. The summed E-state index contributed by atoms with van der Waals surface area (Å²) in [4.78, 5) is 20.7. The summed E-state index contributed by atoms with van der Waals surface area (Å²) in [6, 6.07) is 8.68. The van der Waals surface area contributed by atoms with Gasteiger partial charge in [0.15, 0.2) is 5.13 Å². The lowest BCUT2D eigenvalue weighted by atomic mass is 10.2. The average molecular weight is 364 g/mol. The zero-order valence-corrected chi connectivity index (χ0v) is 14.3. The lowest BCUT2D eigenvalue weighted by Gasteiger charge is -2.02. The molecule has 2 aromatic heterocycles. The number of carbonyl (C=O) groups is 1. The van der Waals surface area contributed by atoms with Crippen LogP contribution >= 0.6 is 34.5 Å². The highest BCUT2D eigenvalue weighted by Gasteiger charge is 2.12. The van der Waals surface area contributed by atoms with Crippen LogP contribution in [0.3, 0.4) is 0 Å². The van der Waals surface area contributed by atoms with E-state index in [4.69, 9.17) is 23.2 Å². The summed E-state index contributed by atoms with van der Waals surface area (Å²) < 4.78 is 0. The first-order valence-electron chi connectivity index (χ1n) is 6.68. The minimum Gasteiger partial charge on any atom is -0.298 e. The van der Waals surface area contributed by atoms with E-state index in [0.717, 1.165) is 11.3 Å². The van der Waals surface area contributed by atoms with E-state index in [1.807, 2.05) is 12.3 Å². The Morgan fingerprint density at radius 1 is 1.22 bits per heavy atom. The maximum atomic E-state index is 12.2. The van der Waals surface area contributed by atoms with Gasteiger partial charge in [0.2, 0.25) is 0 Å². The molecule has 0 aliphatic heterocycles. The summed E-state index contributed by atoms with van der Waals surface area (Å²) in [5, 5.41) is 6.20. The zero-order chi connectivity index (χ0) is 16.4. The van der Waals surface area contributed by atoms with Gasteiger partial charge in [0.05, 0.1) is 16.3 Å². The van der Waals surface area contributed by atoms with Crippen LogP contribution in [-0.2, 0) is 0 Å². The molecule has 1 amide bonds. The summed E-state index contributed by atoms with van der Waals surface area (Å²) >= 11 is 13.5. The standard InChI is InChI=1S/C16H11Cl2N3OS/c1-9-2-3-10(7-19-9)15(22)21-16-20-14(8-23-16)12-6-11(17)4-5-13(12)18/h2-8H,1H3,(H,20,21,22). The van der Waals surface area contributed by atoms with Crippen LogP contribution in [0.2, 0.25) is 10.0 Å². The number of halogens is 2. The molecule has 0 atom stereocenters. The number of hydrogen-bond acceptors (Lipinski definition) is 4. The number of thiazole rings is 1. The van der Waals surface area contributed by atoms with Crippen molar-refractivity contribution < 1.29 is 4.79 Å².